The predicted octanol–water partition coefficient (Wildman–Crippen LogP) is 5.60. The SMILES string of the molecule is CNC[C@H](CC1CCCCC1)NC(=O)N1CCC[C@@H]([C@@](O)(CCCCOC)c2ccc(F)c(Cl)c2F)C1. The van der Waals surface area contributed by atoms with E-state index in [4.69, 9.17) is 16.3 Å². The van der Waals surface area contributed by atoms with Gasteiger partial charge >= 0.3 is 6.03 Å². The first-order valence-corrected chi connectivity index (χ1v) is 14.2. The number of likely N-dealkylation sites (tertiary alicyclic amines) is 1. The number of nitrogens with zero attached hydrogens (tertiary/aromatic N) is 1. The number of hydrogen-bond donors (Lipinski definition) is 3. The van der Waals surface area contributed by atoms with Crippen molar-refractivity contribution in [2.45, 2.75) is 82.3 Å². The molecular weight excluding hydrogens is 500 g/mol. The van der Waals surface area contributed by atoms with Gasteiger partial charge in [0.05, 0.1) is 5.60 Å². The summed E-state index contributed by atoms with van der Waals surface area (Å²) in [7, 11) is 3.50. The van der Waals surface area contributed by atoms with E-state index in [0.717, 1.165) is 12.5 Å². The van der Waals surface area contributed by atoms with Crippen LogP contribution >= 0.6 is 11.6 Å². The Morgan fingerprint density at radius 2 is 1.97 bits per heavy atom. The highest BCUT2D eigenvalue weighted by Crippen LogP contribution is 2.42. The van der Waals surface area contributed by atoms with Crippen molar-refractivity contribution >= 4 is 17.6 Å². The second kappa shape index (κ2) is 14.6. The summed E-state index contributed by atoms with van der Waals surface area (Å²) in [4.78, 5) is 15.1. The van der Waals surface area contributed by atoms with E-state index in [1.54, 1.807) is 12.0 Å². The van der Waals surface area contributed by atoms with Gasteiger partial charge < -0.3 is 25.4 Å². The minimum absolute atomic E-state index is 0.00562. The van der Waals surface area contributed by atoms with Crippen LogP contribution in [0.1, 0.15) is 76.2 Å². The maximum atomic E-state index is 15.2. The fourth-order valence-corrected chi connectivity index (χ4v) is 6.31. The maximum Gasteiger partial charge on any atom is 0.317 e. The van der Waals surface area contributed by atoms with Gasteiger partial charge in [-0.3, -0.25) is 0 Å². The minimum Gasteiger partial charge on any atom is -0.385 e. The summed E-state index contributed by atoms with van der Waals surface area (Å²) in [6.45, 7) is 2.08. The topological polar surface area (TPSA) is 73.8 Å². The van der Waals surface area contributed by atoms with E-state index in [0.29, 0.717) is 51.3 Å². The van der Waals surface area contributed by atoms with Crippen molar-refractivity contribution in [3.8, 4) is 0 Å². The molecule has 37 heavy (non-hydrogen) atoms. The smallest absolute Gasteiger partial charge is 0.317 e. The van der Waals surface area contributed by atoms with E-state index in [1.807, 2.05) is 7.05 Å². The third kappa shape index (κ3) is 8.01. The number of carbonyl (C=O) groups excluding carboxylic acids is 1. The van der Waals surface area contributed by atoms with Crippen LogP contribution in [0.5, 0.6) is 0 Å². The van der Waals surface area contributed by atoms with Crippen LogP contribution in [0.2, 0.25) is 5.02 Å². The van der Waals surface area contributed by atoms with Crippen molar-refractivity contribution in [1.29, 1.82) is 0 Å². The summed E-state index contributed by atoms with van der Waals surface area (Å²) in [5, 5.41) is 17.8. The highest BCUT2D eigenvalue weighted by Gasteiger charge is 2.43. The summed E-state index contributed by atoms with van der Waals surface area (Å²) in [5.74, 6) is -1.57. The van der Waals surface area contributed by atoms with Crippen LogP contribution in [-0.4, -0.2) is 62.5 Å². The van der Waals surface area contributed by atoms with Crippen molar-refractivity contribution in [2.75, 3.05) is 40.4 Å². The zero-order chi connectivity index (χ0) is 26.8. The molecule has 0 bridgehead atoms. The Balaban J connectivity index is 1.74. The zero-order valence-corrected chi connectivity index (χ0v) is 23.1. The molecule has 3 atom stereocenters. The van der Waals surface area contributed by atoms with Gasteiger partial charge in [0.1, 0.15) is 10.8 Å². The lowest BCUT2D eigenvalue weighted by Gasteiger charge is -2.43. The van der Waals surface area contributed by atoms with Crippen LogP contribution in [0.4, 0.5) is 13.6 Å². The van der Waals surface area contributed by atoms with Crippen LogP contribution < -0.4 is 10.6 Å². The molecule has 1 aliphatic heterocycles. The summed E-state index contributed by atoms with van der Waals surface area (Å²) in [5.41, 5.74) is -1.59. The molecule has 1 heterocycles. The monoisotopic (exact) mass is 543 g/mol. The molecule has 2 fully saturated rings. The van der Waals surface area contributed by atoms with E-state index in [9.17, 15) is 14.3 Å². The summed E-state index contributed by atoms with van der Waals surface area (Å²) >= 11 is 5.90. The van der Waals surface area contributed by atoms with Gasteiger partial charge in [-0.1, -0.05) is 49.8 Å². The first kappa shape index (κ1) is 30.1. The molecule has 2 amide bonds. The average molecular weight is 544 g/mol. The van der Waals surface area contributed by atoms with Crippen molar-refractivity contribution < 1.29 is 23.4 Å². The first-order chi connectivity index (χ1) is 17.8. The lowest BCUT2D eigenvalue weighted by Crippen LogP contribution is -2.54. The molecule has 3 N–H and O–H groups in total. The fourth-order valence-electron chi connectivity index (χ4n) is 6.14. The molecule has 9 heteroatoms. The zero-order valence-electron chi connectivity index (χ0n) is 22.3. The highest BCUT2D eigenvalue weighted by atomic mass is 35.5. The van der Waals surface area contributed by atoms with Gasteiger partial charge in [-0.25, -0.2) is 13.6 Å². The number of ether oxygens (including phenoxy) is 1. The van der Waals surface area contributed by atoms with Crippen LogP contribution in [0.15, 0.2) is 12.1 Å². The number of likely N-dealkylation sites (N-methyl/N-ethyl adjacent to an activating group) is 1. The third-order valence-electron chi connectivity index (χ3n) is 8.16. The molecule has 1 aliphatic carbocycles. The van der Waals surface area contributed by atoms with Crippen LogP contribution in [0.3, 0.4) is 0 Å². The number of piperidine rings is 1. The molecule has 0 radical (unpaired) electrons. The molecule has 2 aliphatic rings. The summed E-state index contributed by atoms with van der Waals surface area (Å²) < 4.78 is 34.2. The molecule has 3 rings (SSSR count). The Labute approximate surface area is 225 Å². The predicted molar refractivity (Wildman–Crippen MR) is 143 cm³/mol. The van der Waals surface area contributed by atoms with Crippen molar-refractivity contribution in [3.63, 3.8) is 0 Å². The Morgan fingerprint density at radius 1 is 1.22 bits per heavy atom. The minimum atomic E-state index is -1.58. The van der Waals surface area contributed by atoms with E-state index in [1.165, 1.54) is 38.2 Å². The molecular formula is C28H44ClF2N3O3. The van der Waals surface area contributed by atoms with Crippen LogP contribution in [0.25, 0.3) is 0 Å². The number of benzene rings is 1. The van der Waals surface area contributed by atoms with E-state index in [2.05, 4.69) is 10.6 Å². The van der Waals surface area contributed by atoms with Crippen molar-refractivity contribution in [2.24, 2.45) is 11.8 Å². The van der Waals surface area contributed by atoms with Gasteiger partial charge in [-0.05, 0) is 57.6 Å². The van der Waals surface area contributed by atoms with Gasteiger partial charge in [-0.15, -0.1) is 0 Å². The molecule has 1 aromatic carbocycles. The Morgan fingerprint density at radius 3 is 2.68 bits per heavy atom. The standard InChI is InChI=1S/C28H44ClF2N3O3/c1-32-18-22(17-20-9-4-3-5-10-20)33-27(35)34-15-8-11-21(19-34)28(36,14-6-7-16-37-2)23-12-13-24(30)25(29)26(23)31/h12-13,20-22,32,36H,3-11,14-19H2,1-2H3,(H,33,35)/t21-,22+,28+/m1/s1. The van der Waals surface area contributed by atoms with Gasteiger partial charge in [-0.2, -0.15) is 0 Å². The van der Waals surface area contributed by atoms with E-state index in [-0.39, 0.29) is 30.6 Å². The van der Waals surface area contributed by atoms with Crippen LogP contribution in [0, 0.1) is 23.5 Å². The second-order valence-corrected chi connectivity index (χ2v) is 11.2. The third-order valence-corrected chi connectivity index (χ3v) is 8.51. The maximum absolute atomic E-state index is 15.2. The second-order valence-electron chi connectivity index (χ2n) is 10.8. The van der Waals surface area contributed by atoms with Gasteiger partial charge in [0.15, 0.2) is 5.82 Å². The number of nitrogens with one attached hydrogen (secondary N) is 2. The molecule has 0 aromatic heterocycles. The lowest BCUT2D eigenvalue weighted by molar-refractivity contribution is -0.0588. The van der Waals surface area contributed by atoms with Gasteiger partial charge in [0, 0.05) is 50.9 Å². The number of urea groups is 1. The normalized spacial score (nSPS) is 21.5. The van der Waals surface area contributed by atoms with Crippen LogP contribution in [-0.2, 0) is 10.3 Å². The molecule has 210 valence electrons. The Hall–Kier alpha value is -1.48. The molecule has 1 aromatic rings. The largest absolute Gasteiger partial charge is 0.385 e. The number of aliphatic hydroxyl groups is 1. The molecule has 6 nitrogen and oxygen atoms in total. The Bertz CT molecular complexity index is 871. The number of carbonyl (C=O) groups is 1. The number of unbranched alkanes of at least 4 members (excludes halogenated alkanes) is 1. The average Bonchev–Trinajstić information content (AvgIpc) is 2.90. The molecule has 1 saturated heterocycles. The quantitative estimate of drug-likeness (QED) is 0.237. The number of methoxy groups -OCH3 is 1. The molecule has 1 saturated carbocycles. The van der Waals surface area contributed by atoms with E-state index >= 15 is 4.39 Å². The summed E-state index contributed by atoms with van der Waals surface area (Å²) in [6, 6.07) is 2.27. The Kier molecular flexibility index (Phi) is 11.9. The number of hydrogen-bond acceptors (Lipinski definition) is 4. The van der Waals surface area contributed by atoms with Crippen molar-refractivity contribution in [3.05, 3.63) is 34.4 Å². The lowest BCUT2D eigenvalue weighted by atomic mass is 9.74. The molecule has 0 spiro atoms. The summed E-state index contributed by atoms with van der Waals surface area (Å²) in [6.07, 6.45) is 10.0. The first-order valence-electron chi connectivity index (χ1n) is 13.9. The number of amides is 2. The van der Waals surface area contributed by atoms with Crippen molar-refractivity contribution in [1.82, 2.24) is 15.5 Å². The van der Waals surface area contributed by atoms with Gasteiger partial charge in [0.2, 0.25) is 0 Å². The fraction of sp³-hybridized carbons (Fsp3) is 0.750. The van der Waals surface area contributed by atoms with E-state index < -0.39 is 28.2 Å². The number of halogens is 3. The number of rotatable bonds is 12. The van der Waals surface area contributed by atoms with Gasteiger partial charge in [0.25, 0.3) is 0 Å². The highest BCUT2D eigenvalue weighted by molar-refractivity contribution is 6.31. The molecule has 0 unspecified atom stereocenters.